The van der Waals surface area contributed by atoms with Gasteiger partial charge in [0.05, 0.1) is 5.39 Å². The van der Waals surface area contributed by atoms with Gasteiger partial charge in [0.1, 0.15) is 5.58 Å². The van der Waals surface area contributed by atoms with Gasteiger partial charge in [0, 0.05) is 18.2 Å². The molecule has 1 aliphatic rings. The van der Waals surface area contributed by atoms with E-state index in [2.05, 4.69) is 5.32 Å². The van der Waals surface area contributed by atoms with E-state index >= 15 is 0 Å². The molecule has 1 aromatic carbocycles. The maximum atomic E-state index is 12.2. The summed E-state index contributed by atoms with van der Waals surface area (Å²) in [4.78, 5) is 24.2. The van der Waals surface area contributed by atoms with Crippen molar-refractivity contribution in [3.05, 3.63) is 46.3 Å². The van der Waals surface area contributed by atoms with Crippen LogP contribution in [-0.4, -0.2) is 18.0 Å². The van der Waals surface area contributed by atoms with Crippen LogP contribution in [0.15, 0.2) is 39.5 Å². The van der Waals surface area contributed by atoms with Gasteiger partial charge in [-0.3, -0.25) is 9.59 Å². The van der Waals surface area contributed by atoms with Gasteiger partial charge in [0.2, 0.25) is 0 Å². The largest absolute Gasteiger partial charge is 0.451 e. The Bertz CT molecular complexity index is 715. The second-order valence-corrected chi connectivity index (χ2v) is 5.56. The average molecular weight is 286 g/mol. The summed E-state index contributed by atoms with van der Waals surface area (Å²) in [6.45, 7) is 0. The Hall–Kier alpha value is -2.14. The van der Waals surface area contributed by atoms with E-state index in [1.54, 1.807) is 24.3 Å². The SMILES string of the molecule is N[C@H]1CC[C@H](NC(=O)c2cc(=O)c3ccccc3o2)CC1. The van der Waals surface area contributed by atoms with Crippen LogP contribution in [0.3, 0.4) is 0 Å². The molecule has 1 saturated carbocycles. The lowest BCUT2D eigenvalue weighted by atomic mass is 9.92. The van der Waals surface area contributed by atoms with E-state index in [0.29, 0.717) is 11.0 Å². The fraction of sp³-hybridized carbons (Fsp3) is 0.375. The summed E-state index contributed by atoms with van der Waals surface area (Å²) in [7, 11) is 0. The molecule has 1 fully saturated rings. The molecular formula is C16H18N2O3. The summed E-state index contributed by atoms with van der Waals surface area (Å²) >= 11 is 0. The lowest BCUT2D eigenvalue weighted by Crippen LogP contribution is -2.40. The number of nitrogens with one attached hydrogen (secondary N) is 1. The van der Waals surface area contributed by atoms with E-state index in [9.17, 15) is 9.59 Å². The highest BCUT2D eigenvalue weighted by Gasteiger charge is 2.21. The Kier molecular flexibility index (Phi) is 3.75. The molecule has 3 rings (SSSR count). The lowest BCUT2D eigenvalue weighted by Gasteiger charge is -2.26. The third-order valence-corrected chi connectivity index (χ3v) is 3.97. The van der Waals surface area contributed by atoms with Gasteiger partial charge >= 0.3 is 0 Å². The van der Waals surface area contributed by atoms with E-state index in [0.717, 1.165) is 25.7 Å². The lowest BCUT2D eigenvalue weighted by molar-refractivity contribution is 0.0898. The van der Waals surface area contributed by atoms with Crippen molar-refractivity contribution in [2.45, 2.75) is 37.8 Å². The van der Waals surface area contributed by atoms with Crippen molar-refractivity contribution in [3.63, 3.8) is 0 Å². The van der Waals surface area contributed by atoms with E-state index in [4.69, 9.17) is 10.2 Å². The predicted molar refractivity (Wildman–Crippen MR) is 80.2 cm³/mol. The van der Waals surface area contributed by atoms with Crippen LogP contribution in [0.2, 0.25) is 0 Å². The minimum absolute atomic E-state index is 0.0635. The molecule has 21 heavy (non-hydrogen) atoms. The maximum Gasteiger partial charge on any atom is 0.287 e. The molecule has 3 N–H and O–H groups in total. The molecule has 1 aromatic heterocycles. The number of rotatable bonds is 2. The van der Waals surface area contributed by atoms with Gasteiger partial charge in [-0.05, 0) is 37.8 Å². The minimum Gasteiger partial charge on any atom is -0.451 e. The molecule has 0 spiro atoms. The normalized spacial score (nSPS) is 22.1. The Balaban J connectivity index is 1.80. The van der Waals surface area contributed by atoms with E-state index in [-0.39, 0.29) is 29.2 Å². The minimum atomic E-state index is -0.335. The summed E-state index contributed by atoms with van der Waals surface area (Å²) in [5.74, 6) is -0.271. The highest BCUT2D eigenvalue weighted by Crippen LogP contribution is 2.18. The van der Waals surface area contributed by atoms with Gasteiger partial charge < -0.3 is 15.5 Å². The fourth-order valence-electron chi connectivity index (χ4n) is 2.74. The first-order chi connectivity index (χ1) is 10.1. The highest BCUT2D eigenvalue weighted by molar-refractivity contribution is 5.93. The van der Waals surface area contributed by atoms with Gasteiger partial charge in [0.25, 0.3) is 5.91 Å². The zero-order valence-corrected chi connectivity index (χ0v) is 11.7. The van der Waals surface area contributed by atoms with Gasteiger partial charge in [-0.15, -0.1) is 0 Å². The second kappa shape index (κ2) is 5.69. The van der Waals surface area contributed by atoms with Crippen molar-refractivity contribution >= 4 is 16.9 Å². The molecule has 5 nitrogen and oxygen atoms in total. The Morgan fingerprint density at radius 2 is 1.90 bits per heavy atom. The summed E-state index contributed by atoms with van der Waals surface area (Å²) in [6, 6.07) is 8.51. The summed E-state index contributed by atoms with van der Waals surface area (Å²) in [5, 5.41) is 3.40. The van der Waals surface area contributed by atoms with Crippen molar-refractivity contribution in [1.82, 2.24) is 5.32 Å². The van der Waals surface area contributed by atoms with Crippen LogP contribution in [0.4, 0.5) is 0 Å². The van der Waals surface area contributed by atoms with Crippen LogP contribution in [0.1, 0.15) is 36.2 Å². The molecule has 0 saturated heterocycles. The molecule has 5 heteroatoms. The third-order valence-electron chi connectivity index (χ3n) is 3.97. The number of carbonyl (C=O) groups excluding carboxylic acids is 1. The number of hydrogen-bond donors (Lipinski definition) is 2. The maximum absolute atomic E-state index is 12.2. The standard InChI is InChI=1S/C16H18N2O3/c17-10-5-7-11(8-6-10)18-16(20)15-9-13(19)12-3-1-2-4-14(12)21-15/h1-4,9-11H,5-8,17H2,(H,18,20)/t10-,11-. The fourth-order valence-corrected chi connectivity index (χ4v) is 2.74. The molecule has 0 aliphatic heterocycles. The summed E-state index contributed by atoms with van der Waals surface area (Å²) in [6.07, 6.45) is 3.55. The molecule has 2 aromatic rings. The number of benzene rings is 1. The first-order valence-electron chi connectivity index (χ1n) is 7.23. The number of nitrogens with two attached hydrogens (primary N) is 1. The Morgan fingerprint density at radius 1 is 1.19 bits per heavy atom. The smallest absolute Gasteiger partial charge is 0.287 e. The number of fused-ring (bicyclic) bond motifs is 1. The molecule has 1 heterocycles. The number of para-hydroxylation sites is 1. The molecule has 0 radical (unpaired) electrons. The molecular weight excluding hydrogens is 268 g/mol. The average Bonchev–Trinajstić information content (AvgIpc) is 2.49. The monoisotopic (exact) mass is 286 g/mol. The molecule has 110 valence electrons. The molecule has 0 bridgehead atoms. The topological polar surface area (TPSA) is 85.3 Å². The summed E-state index contributed by atoms with van der Waals surface area (Å²) < 4.78 is 5.53. The van der Waals surface area contributed by atoms with Crippen molar-refractivity contribution in [1.29, 1.82) is 0 Å². The van der Waals surface area contributed by atoms with Gasteiger partial charge in [-0.25, -0.2) is 0 Å². The van der Waals surface area contributed by atoms with Gasteiger partial charge in [-0.1, -0.05) is 12.1 Å². The van der Waals surface area contributed by atoms with Crippen LogP contribution in [0.25, 0.3) is 11.0 Å². The number of amides is 1. The van der Waals surface area contributed by atoms with Crippen LogP contribution in [0, 0.1) is 0 Å². The molecule has 0 atom stereocenters. The Morgan fingerprint density at radius 3 is 2.67 bits per heavy atom. The molecule has 1 aliphatic carbocycles. The highest BCUT2D eigenvalue weighted by atomic mass is 16.3. The van der Waals surface area contributed by atoms with Gasteiger partial charge in [-0.2, -0.15) is 0 Å². The number of hydrogen-bond acceptors (Lipinski definition) is 4. The first kappa shape index (κ1) is 13.8. The van der Waals surface area contributed by atoms with Crippen molar-refractivity contribution in [2.75, 3.05) is 0 Å². The van der Waals surface area contributed by atoms with E-state index in [1.807, 2.05) is 0 Å². The quantitative estimate of drug-likeness (QED) is 0.881. The second-order valence-electron chi connectivity index (χ2n) is 5.56. The van der Waals surface area contributed by atoms with Crippen LogP contribution in [0.5, 0.6) is 0 Å². The third kappa shape index (κ3) is 2.97. The zero-order valence-electron chi connectivity index (χ0n) is 11.7. The first-order valence-corrected chi connectivity index (χ1v) is 7.23. The predicted octanol–water partition coefficient (Wildman–Crippen LogP) is 1.79. The van der Waals surface area contributed by atoms with Crippen molar-refractivity contribution in [3.8, 4) is 0 Å². The molecule has 0 unspecified atom stereocenters. The van der Waals surface area contributed by atoms with E-state index in [1.165, 1.54) is 6.07 Å². The van der Waals surface area contributed by atoms with Crippen LogP contribution >= 0.6 is 0 Å². The van der Waals surface area contributed by atoms with Gasteiger partial charge in [0.15, 0.2) is 11.2 Å². The Labute approximate surface area is 122 Å². The zero-order chi connectivity index (χ0) is 14.8. The summed E-state index contributed by atoms with van der Waals surface area (Å²) in [5.41, 5.74) is 6.08. The van der Waals surface area contributed by atoms with Crippen molar-refractivity contribution in [2.24, 2.45) is 5.73 Å². The number of carbonyl (C=O) groups is 1. The van der Waals surface area contributed by atoms with E-state index < -0.39 is 0 Å². The molecule has 1 amide bonds. The van der Waals surface area contributed by atoms with Crippen molar-refractivity contribution < 1.29 is 9.21 Å². The van der Waals surface area contributed by atoms with Crippen LogP contribution < -0.4 is 16.5 Å². The van der Waals surface area contributed by atoms with Crippen LogP contribution in [-0.2, 0) is 0 Å².